The minimum absolute atomic E-state index is 0.367. The van der Waals surface area contributed by atoms with E-state index in [2.05, 4.69) is 52.9 Å². The Labute approximate surface area is 125 Å². The summed E-state index contributed by atoms with van der Waals surface area (Å²) in [5, 5.41) is 0. The fraction of sp³-hybridized carbons (Fsp3) is 0.625. The van der Waals surface area contributed by atoms with Gasteiger partial charge in [0.1, 0.15) is 0 Å². The maximum Gasteiger partial charge on any atom is 0.0470 e. The molecule has 0 aromatic heterocycles. The molecule has 1 aliphatic rings. The highest BCUT2D eigenvalue weighted by molar-refractivity contribution is 9.10. The first-order chi connectivity index (χ1) is 9.15. The normalized spacial score (nSPS) is 22.4. The molecule has 0 bridgehead atoms. The molecule has 2 unspecified atom stereocenters. The molecule has 106 valence electrons. The number of halogens is 1. The second-order valence-corrected chi connectivity index (χ2v) is 6.53. The molecule has 1 heterocycles. The Morgan fingerprint density at radius 2 is 2.26 bits per heavy atom. The van der Waals surface area contributed by atoms with Crippen LogP contribution in [0.15, 0.2) is 22.7 Å². The Balaban J connectivity index is 2.16. The summed E-state index contributed by atoms with van der Waals surface area (Å²) >= 11 is 3.63. The SMILES string of the molecule is CCC1CCCN(C(CN)c2ccc(C)c(Br)c2)C1. The highest BCUT2D eigenvalue weighted by Crippen LogP contribution is 2.29. The molecule has 1 aromatic carbocycles. The smallest absolute Gasteiger partial charge is 0.0470 e. The molecule has 0 spiro atoms. The molecule has 0 radical (unpaired) electrons. The van der Waals surface area contributed by atoms with Crippen molar-refractivity contribution in [3.8, 4) is 0 Å². The van der Waals surface area contributed by atoms with E-state index < -0.39 is 0 Å². The minimum atomic E-state index is 0.367. The van der Waals surface area contributed by atoms with Gasteiger partial charge in [0.2, 0.25) is 0 Å². The van der Waals surface area contributed by atoms with Crippen LogP contribution in [-0.2, 0) is 0 Å². The molecule has 19 heavy (non-hydrogen) atoms. The number of rotatable bonds is 4. The lowest BCUT2D eigenvalue weighted by Crippen LogP contribution is -2.41. The van der Waals surface area contributed by atoms with Crippen LogP contribution in [0.4, 0.5) is 0 Å². The molecule has 1 saturated heterocycles. The summed E-state index contributed by atoms with van der Waals surface area (Å²) < 4.78 is 1.19. The topological polar surface area (TPSA) is 29.3 Å². The Hall–Kier alpha value is -0.380. The molecule has 3 heteroatoms. The Morgan fingerprint density at radius 3 is 2.89 bits per heavy atom. The van der Waals surface area contributed by atoms with Gasteiger partial charge in [-0.1, -0.05) is 41.4 Å². The van der Waals surface area contributed by atoms with Crippen molar-refractivity contribution in [2.24, 2.45) is 11.7 Å². The van der Waals surface area contributed by atoms with E-state index in [1.807, 2.05) is 0 Å². The van der Waals surface area contributed by atoms with Crippen molar-refractivity contribution in [2.75, 3.05) is 19.6 Å². The molecule has 1 fully saturated rings. The molecule has 1 aromatic rings. The average molecular weight is 325 g/mol. The summed E-state index contributed by atoms with van der Waals surface area (Å²) in [5.74, 6) is 0.844. The zero-order chi connectivity index (χ0) is 13.8. The third-order valence-corrected chi connectivity index (χ3v) is 5.23. The molecular weight excluding hydrogens is 300 g/mol. The number of aryl methyl sites for hydroxylation is 1. The van der Waals surface area contributed by atoms with Crippen molar-refractivity contribution in [2.45, 2.75) is 39.2 Å². The summed E-state index contributed by atoms with van der Waals surface area (Å²) in [5.41, 5.74) is 8.68. The van der Waals surface area contributed by atoms with Crippen molar-refractivity contribution < 1.29 is 0 Å². The predicted molar refractivity (Wildman–Crippen MR) is 85.3 cm³/mol. The number of piperidine rings is 1. The lowest BCUT2D eigenvalue weighted by atomic mass is 9.93. The second-order valence-electron chi connectivity index (χ2n) is 5.67. The first-order valence-corrected chi connectivity index (χ1v) is 8.15. The first-order valence-electron chi connectivity index (χ1n) is 7.35. The van der Waals surface area contributed by atoms with Crippen LogP contribution in [0.5, 0.6) is 0 Å². The van der Waals surface area contributed by atoms with Gasteiger partial charge in [0.25, 0.3) is 0 Å². The third kappa shape index (κ3) is 3.59. The van der Waals surface area contributed by atoms with E-state index in [9.17, 15) is 0 Å². The second kappa shape index (κ2) is 6.87. The van der Waals surface area contributed by atoms with Gasteiger partial charge in [-0.15, -0.1) is 0 Å². The maximum absolute atomic E-state index is 6.05. The fourth-order valence-electron chi connectivity index (χ4n) is 3.03. The lowest BCUT2D eigenvalue weighted by Gasteiger charge is -2.38. The Bertz CT molecular complexity index is 419. The monoisotopic (exact) mass is 324 g/mol. The van der Waals surface area contributed by atoms with Crippen molar-refractivity contribution in [1.29, 1.82) is 0 Å². The van der Waals surface area contributed by atoms with Crippen LogP contribution < -0.4 is 5.73 Å². The number of likely N-dealkylation sites (tertiary alicyclic amines) is 1. The van der Waals surface area contributed by atoms with Gasteiger partial charge in [0.05, 0.1) is 0 Å². The zero-order valence-electron chi connectivity index (χ0n) is 12.0. The lowest BCUT2D eigenvalue weighted by molar-refractivity contribution is 0.124. The summed E-state index contributed by atoms with van der Waals surface area (Å²) in [4.78, 5) is 2.58. The molecule has 0 amide bonds. The number of hydrogen-bond donors (Lipinski definition) is 1. The average Bonchev–Trinajstić information content (AvgIpc) is 2.44. The predicted octanol–water partition coefficient (Wildman–Crippen LogP) is 3.88. The zero-order valence-corrected chi connectivity index (χ0v) is 13.6. The first kappa shape index (κ1) is 15.0. The number of benzene rings is 1. The van der Waals surface area contributed by atoms with Crippen molar-refractivity contribution in [1.82, 2.24) is 4.90 Å². The number of hydrogen-bond acceptors (Lipinski definition) is 2. The van der Waals surface area contributed by atoms with Gasteiger partial charge in [-0.05, 0) is 49.4 Å². The molecule has 0 aliphatic carbocycles. The van der Waals surface area contributed by atoms with Gasteiger partial charge in [0.15, 0.2) is 0 Å². The van der Waals surface area contributed by atoms with E-state index in [1.165, 1.54) is 48.0 Å². The minimum Gasteiger partial charge on any atom is -0.329 e. The summed E-state index contributed by atoms with van der Waals surface area (Å²) in [7, 11) is 0. The summed E-state index contributed by atoms with van der Waals surface area (Å²) in [6.45, 7) is 7.51. The van der Waals surface area contributed by atoms with Crippen molar-refractivity contribution in [3.63, 3.8) is 0 Å². The molecular formula is C16H25BrN2. The van der Waals surface area contributed by atoms with Gasteiger partial charge in [-0.25, -0.2) is 0 Å². The maximum atomic E-state index is 6.05. The summed E-state index contributed by atoms with van der Waals surface area (Å²) in [6, 6.07) is 7.02. The van der Waals surface area contributed by atoms with Gasteiger partial charge in [0, 0.05) is 23.6 Å². The molecule has 2 nitrogen and oxygen atoms in total. The van der Waals surface area contributed by atoms with Gasteiger partial charge >= 0.3 is 0 Å². The molecule has 2 atom stereocenters. The van der Waals surface area contributed by atoms with Crippen LogP contribution in [0, 0.1) is 12.8 Å². The van der Waals surface area contributed by atoms with Crippen LogP contribution >= 0.6 is 15.9 Å². The van der Waals surface area contributed by atoms with Gasteiger partial charge in [-0.3, -0.25) is 4.90 Å². The van der Waals surface area contributed by atoms with E-state index >= 15 is 0 Å². The van der Waals surface area contributed by atoms with E-state index in [-0.39, 0.29) is 0 Å². The molecule has 1 aliphatic heterocycles. The van der Waals surface area contributed by atoms with Crippen LogP contribution in [0.3, 0.4) is 0 Å². The molecule has 2 rings (SSSR count). The van der Waals surface area contributed by atoms with Crippen molar-refractivity contribution >= 4 is 15.9 Å². The van der Waals surface area contributed by atoms with Crippen molar-refractivity contribution in [3.05, 3.63) is 33.8 Å². The van der Waals surface area contributed by atoms with E-state index in [1.54, 1.807) is 0 Å². The van der Waals surface area contributed by atoms with Crippen LogP contribution in [-0.4, -0.2) is 24.5 Å². The largest absolute Gasteiger partial charge is 0.329 e. The van der Waals surface area contributed by atoms with Crippen LogP contribution in [0.2, 0.25) is 0 Å². The Kier molecular flexibility index (Phi) is 5.43. The van der Waals surface area contributed by atoms with Gasteiger partial charge < -0.3 is 5.73 Å². The fourth-order valence-corrected chi connectivity index (χ4v) is 3.42. The van der Waals surface area contributed by atoms with E-state index in [0.29, 0.717) is 12.6 Å². The van der Waals surface area contributed by atoms with Crippen LogP contribution in [0.25, 0.3) is 0 Å². The van der Waals surface area contributed by atoms with E-state index in [0.717, 1.165) is 5.92 Å². The van der Waals surface area contributed by atoms with Crippen LogP contribution in [0.1, 0.15) is 43.4 Å². The number of nitrogens with zero attached hydrogens (tertiary/aromatic N) is 1. The molecule has 2 N–H and O–H groups in total. The van der Waals surface area contributed by atoms with Gasteiger partial charge in [-0.2, -0.15) is 0 Å². The highest BCUT2D eigenvalue weighted by Gasteiger charge is 2.25. The number of nitrogens with two attached hydrogens (primary N) is 1. The highest BCUT2D eigenvalue weighted by atomic mass is 79.9. The third-order valence-electron chi connectivity index (χ3n) is 4.37. The summed E-state index contributed by atoms with van der Waals surface area (Å²) in [6.07, 6.45) is 3.97. The Morgan fingerprint density at radius 1 is 1.47 bits per heavy atom. The standard InChI is InChI=1S/C16H25BrN2/c1-3-13-5-4-8-19(11-13)16(10-18)14-7-6-12(2)15(17)9-14/h6-7,9,13,16H,3-5,8,10-11,18H2,1-2H3. The van der Waals surface area contributed by atoms with E-state index in [4.69, 9.17) is 5.73 Å². The molecule has 0 saturated carbocycles. The quantitative estimate of drug-likeness (QED) is 0.910.